The van der Waals surface area contributed by atoms with Gasteiger partial charge in [0.1, 0.15) is 10.8 Å². The number of para-hydroxylation sites is 2. The molecule has 2 amide bonds. The van der Waals surface area contributed by atoms with Crippen molar-refractivity contribution in [3.63, 3.8) is 0 Å². The number of amides is 2. The molecule has 0 radical (unpaired) electrons. The number of nitrogens with one attached hydrogen (secondary N) is 2. The highest BCUT2D eigenvalue weighted by molar-refractivity contribution is 7.17. The van der Waals surface area contributed by atoms with Gasteiger partial charge in [-0.25, -0.2) is 0 Å². The first-order valence-electron chi connectivity index (χ1n) is 10.1. The molecule has 0 aliphatic heterocycles. The number of rotatable bonds is 6. The van der Waals surface area contributed by atoms with E-state index in [0.29, 0.717) is 34.5 Å². The van der Waals surface area contributed by atoms with E-state index in [2.05, 4.69) is 17.6 Å². The number of benzene rings is 1. The van der Waals surface area contributed by atoms with Gasteiger partial charge in [0.05, 0.1) is 24.1 Å². The summed E-state index contributed by atoms with van der Waals surface area (Å²) in [6.07, 6.45) is 4.20. The van der Waals surface area contributed by atoms with E-state index in [0.717, 1.165) is 29.7 Å². The Labute approximate surface area is 179 Å². The fourth-order valence-corrected chi connectivity index (χ4v) is 5.09. The van der Waals surface area contributed by atoms with Crippen molar-refractivity contribution >= 4 is 33.8 Å². The molecule has 0 saturated carbocycles. The molecule has 2 N–H and O–H groups in total. The van der Waals surface area contributed by atoms with Crippen LogP contribution in [0.5, 0.6) is 5.75 Å². The number of carbonyl (C=O) groups is 2. The Morgan fingerprint density at radius 1 is 1.17 bits per heavy atom. The zero-order valence-electron chi connectivity index (χ0n) is 17.0. The number of ether oxygens (including phenoxy) is 1. The number of anilines is 2. The molecule has 1 aliphatic carbocycles. The van der Waals surface area contributed by atoms with Gasteiger partial charge in [0.25, 0.3) is 11.8 Å². The Bertz CT molecular complexity index is 1060. The highest BCUT2D eigenvalue weighted by Gasteiger charge is 2.29. The maximum Gasteiger partial charge on any atom is 0.291 e. The zero-order valence-corrected chi connectivity index (χ0v) is 17.8. The predicted octanol–water partition coefficient (Wildman–Crippen LogP) is 5.37. The number of furan rings is 1. The van der Waals surface area contributed by atoms with Crippen molar-refractivity contribution in [3.8, 4) is 5.75 Å². The van der Waals surface area contributed by atoms with Crippen LogP contribution in [-0.4, -0.2) is 18.4 Å². The molecule has 0 bridgehead atoms. The molecule has 1 aliphatic rings. The third-order valence-corrected chi connectivity index (χ3v) is 6.32. The standard InChI is InChI=1S/C23H24N2O4S/c1-3-28-17-8-5-4-7-16(17)24-22(27)20-15-11-10-14(2)13-19(15)30-23(20)25-21(26)18-9-6-12-29-18/h4-9,12,14H,3,10-11,13H2,1-2H3,(H,24,27)(H,25,26). The summed E-state index contributed by atoms with van der Waals surface area (Å²) in [5, 5.41) is 6.42. The summed E-state index contributed by atoms with van der Waals surface area (Å²) in [7, 11) is 0. The molecule has 156 valence electrons. The number of thiophene rings is 1. The van der Waals surface area contributed by atoms with Crippen molar-refractivity contribution in [2.75, 3.05) is 17.2 Å². The topological polar surface area (TPSA) is 80.6 Å². The van der Waals surface area contributed by atoms with Gasteiger partial charge in [-0.1, -0.05) is 19.1 Å². The number of fused-ring (bicyclic) bond motifs is 1. The van der Waals surface area contributed by atoms with E-state index in [9.17, 15) is 9.59 Å². The lowest BCUT2D eigenvalue weighted by atomic mass is 9.88. The van der Waals surface area contributed by atoms with E-state index in [1.807, 2.05) is 31.2 Å². The van der Waals surface area contributed by atoms with Gasteiger partial charge in [-0.3, -0.25) is 9.59 Å². The summed E-state index contributed by atoms with van der Waals surface area (Å²) in [5.74, 6) is 0.772. The summed E-state index contributed by atoms with van der Waals surface area (Å²) >= 11 is 1.48. The Hall–Kier alpha value is -3.06. The van der Waals surface area contributed by atoms with E-state index in [1.54, 1.807) is 12.1 Å². The van der Waals surface area contributed by atoms with Gasteiger partial charge in [0.2, 0.25) is 0 Å². The second-order valence-corrected chi connectivity index (χ2v) is 8.48. The van der Waals surface area contributed by atoms with Gasteiger partial charge in [-0.2, -0.15) is 0 Å². The van der Waals surface area contributed by atoms with Crippen molar-refractivity contribution in [1.29, 1.82) is 0 Å². The van der Waals surface area contributed by atoms with Crippen LogP contribution in [0.2, 0.25) is 0 Å². The Morgan fingerprint density at radius 2 is 2.00 bits per heavy atom. The molecule has 0 saturated heterocycles. The Kier molecular flexibility index (Phi) is 5.90. The first kappa shape index (κ1) is 20.2. The highest BCUT2D eigenvalue weighted by Crippen LogP contribution is 2.40. The van der Waals surface area contributed by atoms with E-state index < -0.39 is 0 Å². The molecule has 1 atom stereocenters. The van der Waals surface area contributed by atoms with Crippen molar-refractivity contribution in [2.45, 2.75) is 33.1 Å². The average Bonchev–Trinajstić information content (AvgIpc) is 3.37. The number of hydrogen-bond acceptors (Lipinski definition) is 5. The molecule has 3 aromatic rings. The van der Waals surface area contributed by atoms with Gasteiger partial charge in [-0.15, -0.1) is 11.3 Å². The van der Waals surface area contributed by atoms with Gasteiger partial charge < -0.3 is 19.8 Å². The molecular weight excluding hydrogens is 400 g/mol. The molecule has 1 unspecified atom stereocenters. The maximum absolute atomic E-state index is 13.3. The number of carbonyl (C=O) groups excluding carboxylic acids is 2. The van der Waals surface area contributed by atoms with Crippen LogP contribution in [0.4, 0.5) is 10.7 Å². The fourth-order valence-electron chi connectivity index (χ4n) is 3.69. The van der Waals surface area contributed by atoms with E-state index >= 15 is 0 Å². The minimum Gasteiger partial charge on any atom is -0.492 e. The van der Waals surface area contributed by atoms with Crippen LogP contribution in [0.25, 0.3) is 0 Å². The smallest absolute Gasteiger partial charge is 0.291 e. The maximum atomic E-state index is 13.3. The second kappa shape index (κ2) is 8.75. The van der Waals surface area contributed by atoms with Crippen LogP contribution in [0.15, 0.2) is 47.1 Å². The molecule has 30 heavy (non-hydrogen) atoms. The molecule has 1 aromatic carbocycles. The lowest BCUT2D eigenvalue weighted by molar-refractivity contribution is 0.0997. The van der Waals surface area contributed by atoms with Gasteiger partial charge in [-0.05, 0) is 61.9 Å². The van der Waals surface area contributed by atoms with E-state index in [-0.39, 0.29) is 17.6 Å². The van der Waals surface area contributed by atoms with Gasteiger partial charge in [0.15, 0.2) is 5.76 Å². The van der Waals surface area contributed by atoms with Gasteiger partial charge in [0, 0.05) is 4.88 Å². The largest absolute Gasteiger partial charge is 0.492 e. The summed E-state index contributed by atoms with van der Waals surface area (Å²) < 4.78 is 10.8. The van der Waals surface area contributed by atoms with Crippen molar-refractivity contribution < 1.29 is 18.7 Å². The summed E-state index contributed by atoms with van der Waals surface area (Å²) in [6, 6.07) is 10.6. The lowest BCUT2D eigenvalue weighted by Gasteiger charge is -2.19. The fraction of sp³-hybridized carbons (Fsp3) is 0.304. The number of hydrogen-bond donors (Lipinski definition) is 2. The molecule has 4 rings (SSSR count). The monoisotopic (exact) mass is 424 g/mol. The first-order chi connectivity index (χ1) is 14.6. The van der Waals surface area contributed by atoms with E-state index in [1.165, 1.54) is 17.6 Å². The first-order valence-corrected chi connectivity index (χ1v) is 10.9. The minimum atomic E-state index is -0.365. The van der Waals surface area contributed by atoms with Crippen LogP contribution in [0.3, 0.4) is 0 Å². The molecular formula is C23H24N2O4S. The molecule has 0 fully saturated rings. The van der Waals surface area contributed by atoms with Crippen LogP contribution in [0.1, 0.15) is 51.6 Å². The molecule has 2 heterocycles. The van der Waals surface area contributed by atoms with Crippen LogP contribution >= 0.6 is 11.3 Å². The quantitative estimate of drug-likeness (QED) is 0.557. The third-order valence-electron chi connectivity index (χ3n) is 5.15. The zero-order chi connectivity index (χ0) is 21.1. The SMILES string of the molecule is CCOc1ccccc1NC(=O)c1c(NC(=O)c2ccco2)sc2c1CCC(C)C2. The summed E-state index contributed by atoms with van der Waals surface area (Å²) in [5.41, 5.74) is 2.17. The minimum absolute atomic E-state index is 0.211. The summed E-state index contributed by atoms with van der Waals surface area (Å²) in [4.78, 5) is 27.1. The van der Waals surface area contributed by atoms with Crippen LogP contribution in [-0.2, 0) is 12.8 Å². The molecule has 7 heteroatoms. The van der Waals surface area contributed by atoms with E-state index in [4.69, 9.17) is 9.15 Å². The Balaban J connectivity index is 1.67. The third kappa shape index (κ3) is 4.11. The lowest BCUT2D eigenvalue weighted by Crippen LogP contribution is -2.19. The van der Waals surface area contributed by atoms with Crippen molar-refractivity contribution in [2.24, 2.45) is 5.92 Å². The second-order valence-electron chi connectivity index (χ2n) is 7.37. The molecule has 0 spiro atoms. The van der Waals surface area contributed by atoms with Crippen LogP contribution in [0, 0.1) is 5.92 Å². The molecule has 2 aromatic heterocycles. The predicted molar refractivity (Wildman–Crippen MR) is 118 cm³/mol. The normalized spacial score (nSPS) is 15.3. The van der Waals surface area contributed by atoms with Crippen LogP contribution < -0.4 is 15.4 Å². The van der Waals surface area contributed by atoms with Gasteiger partial charge >= 0.3 is 0 Å². The van der Waals surface area contributed by atoms with Crippen molar-refractivity contribution in [1.82, 2.24) is 0 Å². The summed E-state index contributed by atoms with van der Waals surface area (Å²) in [6.45, 7) is 4.61. The molecule has 6 nitrogen and oxygen atoms in total. The highest BCUT2D eigenvalue weighted by atomic mass is 32.1. The average molecular weight is 425 g/mol. The Morgan fingerprint density at radius 3 is 2.77 bits per heavy atom. The van der Waals surface area contributed by atoms with Crippen molar-refractivity contribution in [3.05, 3.63) is 64.4 Å².